The van der Waals surface area contributed by atoms with E-state index >= 15 is 0 Å². The lowest BCUT2D eigenvalue weighted by Crippen LogP contribution is -2.37. The monoisotopic (exact) mass is 531 g/mol. The highest BCUT2D eigenvalue weighted by atomic mass is 19.1. The molecular weight excluding hydrogens is 497 g/mol. The third kappa shape index (κ3) is 5.73. The molecule has 2 atom stereocenters. The number of carbonyl (C=O) groups is 2. The van der Waals surface area contributed by atoms with Gasteiger partial charge in [0, 0.05) is 16.5 Å². The summed E-state index contributed by atoms with van der Waals surface area (Å²) in [5.41, 5.74) is 5.62. The molecule has 204 valence electrons. The van der Waals surface area contributed by atoms with E-state index < -0.39 is 29.3 Å². The summed E-state index contributed by atoms with van der Waals surface area (Å²) in [5, 5.41) is 19.4. The van der Waals surface area contributed by atoms with E-state index in [2.05, 4.69) is 30.1 Å². The summed E-state index contributed by atoms with van der Waals surface area (Å²) in [6.07, 6.45) is 2.45. The summed E-state index contributed by atoms with van der Waals surface area (Å²) in [6.45, 7) is 6.25. The second kappa shape index (κ2) is 11.8. The molecular formula is C32H34FNO5. The standard InChI is InChI=1S/C17H21NO3.C15H13FO2/c1-3-11-6-5-7-12-13-8-9-21-17(4-2,10-14(19)20)16(13)18-15(11)12;1-10(15(17)18)12-7-8-13(14(16)9-12)11-5-3-2-4-6-11/h5-7,18H,3-4,8-10H2,1-2H3,(H,19,20);2-10H,1H3,(H,17,18). The molecule has 0 fully saturated rings. The second-order valence-electron chi connectivity index (χ2n) is 9.85. The summed E-state index contributed by atoms with van der Waals surface area (Å²) < 4.78 is 19.9. The molecule has 0 saturated carbocycles. The van der Waals surface area contributed by atoms with Gasteiger partial charge >= 0.3 is 11.9 Å². The maximum Gasteiger partial charge on any atom is 0.310 e. The molecule has 0 aliphatic carbocycles. The number of fused-ring (bicyclic) bond motifs is 3. The summed E-state index contributed by atoms with van der Waals surface area (Å²) >= 11 is 0. The fraction of sp³-hybridized carbons (Fsp3) is 0.312. The highest BCUT2D eigenvalue weighted by Crippen LogP contribution is 2.42. The van der Waals surface area contributed by atoms with Crippen LogP contribution in [0.25, 0.3) is 22.0 Å². The molecule has 1 aliphatic heterocycles. The van der Waals surface area contributed by atoms with Crippen LogP contribution in [-0.4, -0.2) is 33.7 Å². The number of carboxylic acids is 2. The Labute approximate surface area is 227 Å². The molecule has 7 heteroatoms. The number of H-pyrrole nitrogens is 1. The number of halogens is 1. The van der Waals surface area contributed by atoms with Crippen LogP contribution in [-0.2, 0) is 32.8 Å². The van der Waals surface area contributed by atoms with Crippen LogP contribution in [0.15, 0.2) is 66.7 Å². The van der Waals surface area contributed by atoms with Gasteiger partial charge in [0.25, 0.3) is 0 Å². The lowest BCUT2D eigenvalue weighted by Gasteiger charge is -2.35. The Bertz CT molecular complexity index is 1480. The van der Waals surface area contributed by atoms with Gasteiger partial charge in [-0.05, 0) is 54.5 Å². The van der Waals surface area contributed by atoms with Crippen molar-refractivity contribution in [2.45, 2.75) is 58.0 Å². The van der Waals surface area contributed by atoms with Crippen molar-refractivity contribution < 1.29 is 28.9 Å². The Morgan fingerprint density at radius 1 is 1.05 bits per heavy atom. The van der Waals surface area contributed by atoms with Crippen molar-refractivity contribution in [1.82, 2.24) is 4.98 Å². The van der Waals surface area contributed by atoms with E-state index in [1.165, 1.54) is 22.6 Å². The van der Waals surface area contributed by atoms with E-state index in [1.54, 1.807) is 19.1 Å². The molecule has 4 aromatic rings. The van der Waals surface area contributed by atoms with Crippen molar-refractivity contribution in [2.75, 3.05) is 6.61 Å². The Morgan fingerprint density at radius 3 is 2.41 bits per heavy atom. The molecule has 0 amide bonds. The van der Waals surface area contributed by atoms with Crippen LogP contribution >= 0.6 is 0 Å². The van der Waals surface area contributed by atoms with Crippen LogP contribution in [0.2, 0.25) is 0 Å². The minimum absolute atomic E-state index is 0.00474. The van der Waals surface area contributed by atoms with Gasteiger partial charge in [0.15, 0.2) is 0 Å². The largest absolute Gasteiger partial charge is 0.481 e. The van der Waals surface area contributed by atoms with Crippen LogP contribution in [0.4, 0.5) is 4.39 Å². The number of benzene rings is 3. The third-order valence-electron chi connectivity index (χ3n) is 7.55. The predicted octanol–water partition coefficient (Wildman–Crippen LogP) is 7.06. The Kier molecular flexibility index (Phi) is 8.51. The molecule has 6 nitrogen and oxygen atoms in total. The number of carboxylic acid groups (broad SMARTS) is 2. The second-order valence-corrected chi connectivity index (χ2v) is 9.85. The van der Waals surface area contributed by atoms with Crippen LogP contribution in [0.1, 0.15) is 61.9 Å². The summed E-state index contributed by atoms with van der Waals surface area (Å²) in [4.78, 5) is 25.6. The van der Waals surface area contributed by atoms with Crippen molar-refractivity contribution in [3.63, 3.8) is 0 Å². The lowest BCUT2D eigenvalue weighted by atomic mass is 9.86. The topological polar surface area (TPSA) is 99.6 Å². The number of ether oxygens (including phenoxy) is 1. The smallest absolute Gasteiger partial charge is 0.310 e. The number of hydrogen-bond donors (Lipinski definition) is 3. The van der Waals surface area contributed by atoms with Gasteiger partial charge in [0.05, 0.1) is 24.6 Å². The quantitative estimate of drug-likeness (QED) is 0.237. The molecule has 0 bridgehead atoms. The number of rotatable bonds is 7. The van der Waals surface area contributed by atoms with Crippen molar-refractivity contribution in [3.8, 4) is 11.1 Å². The van der Waals surface area contributed by atoms with Crippen LogP contribution in [0.3, 0.4) is 0 Å². The van der Waals surface area contributed by atoms with Gasteiger partial charge in [-0.3, -0.25) is 9.59 Å². The zero-order chi connectivity index (χ0) is 28.2. The van der Waals surface area contributed by atoms with Crippen molar-refractivity contribution in [3.05, 3.63) is 94.9 Å². The first-order valence-corrected chi connectivity index (χ1v) is 13.3. The van der Waals surface area contributed by atoms with Gasteiger partial charge in [-0.2, -0.15) is 0 Å². The summed E-state index contributed by atoms with van der Waals surface area (Å²) in [6, 6.07) is 20.1. The number of aromatic amines is 1. The van der Waals surface area contributed by atoms with E-state index in [9.17, 15) is 19.1 Å². The number of para-hydroxylation sites is 1. The van der Waals surface area contributed by atoms with Gasteiger partial charge in [0.2, 0.25) is 0 Å². The van der Waals surface area contributed by atoms with E-state index in [-0.39, 0.29) is 6.42 Å². The van der Waals surface area contributed by atoms with Crippen molar-refractivity contribution in [2.24, 2.45) is 0 Å². The molecule has 0 saturated heterocycles. The maximum atomic E-state index is 14.0. The molecule has 2 heterocycles. The number of aromatic nitrogens is 1. The highest BCUT2D eigenvalue weighted by molar-refractivity contribution is 5.88. The average molecular weight is 532 g/mol. The molecule has 5 rings (SSSR count). The molecule has 3 N–H and O–H groups in total. The fourth-order valence-corrected chi connectivity index (χ4v) is 5.28. The first-order valence-electron chi connectivity index (χ1n) is 13.3. The average Bonchev–Trinajstić information content (AvgIpc) is 3.33. The Balaban J connectivity index is 0.000000183. The first kappa shape index (κ1) is 28.0. The normalized spacial score (nSPS) is 17.1. The van der Waals surface area contributed by atoms with Gasteiger partial charge in [0.1, 0.15) is 11.4 Å². The Hall–Kier alpha value is -3.97. The lowest BCUT2D eigenvalue weighted by molar-refractivity contribution is -0.148. The van der Waals surface area contributed by atoms with E-state index in [1.807, 2.05) is 37.3 Å². The molecule has 1 aliphatic rings. The first-order chi connectivity index (χ1) is 18.7. The van der Waals surface area contributed by atoms with Gasteiger partial charge in [-0.25, -0.2) is 4.39 Å². The van der Waals surface area contributed by atoms with Crippen LogP contribution in [0, 0.1) is 5.82 Å². The molecule has 39 heavy (non-hydrogen) atoms. The maximum absolute atomic E-state index is 14.0. The van der Waals surface area contributed by atoms with Crippen molar-refractivity contribution >= 4 is 22.8 Å². The minimum Gasteiger partial charge on any atom is -0.481 e. The van der Waals surface area contributed by atoms with E-state index in [0.29, 0.717) is 24.2 Å². The highest BCUT2D eigenvalue weighted by Gasteiger charge is 2.40. The molecule has 0 spiro atoms. The van der Waals surface area contributed by atoms with Crippen LogP contribution in [0.5, 0.6) is 0 Å². The number of nitrogens with one attached hydrogen (secondary N) is 1. The predicted molar refractivity (Wildman–Crippen MR) is 149 cm³/mol. The fourth-order valence-electron chi connectivity index (χ4n) is 5.28. The molecule has 0 radical (unpaired) electrons. The number of aryl methyl sites for hydroxylation is 1. The third-order valence-corrected chi connectivity index (χ3v) is 7.55. The SMILES string of the molecule is CC(C(=O)O)c1ccc(-c2ccccc2)c(F)c1.CCc1cccc2c3c([nH]c12)C(CC)(CC(=O)O)OCC3. The van der Waals surface area contributed by atoms with Gasteiger partial charge in [-0.1, -0.05) is 74.5 Å². The van der Waals surface area contributed by atoms with Gasteiger partial charge < -0.3 is 19.9 Å². The summed E-state index contributed by atoms with van der Waals surface area (Å²) in [5.74, 6) is -2.88. The Morgan fingerprint density at radius 2 is 1.79 bits per heavy atom. The number of hydrogen-bond acceptors (Lipinski definition) is 3. The van der Waals surface area contributed by atoms with Gasteiger partial charge in [-0.15, -0.1) is 0 Å². The van der Waals surface area contributed by atoms with E-state index in [0.717, 1.165) is 29.6 Å². The molecule has 2 unspecified atom stereocenters. The summed E-state index contributed by atoms with van der Waals surface area (Å²) in [7, 11) is 0. The van der Waals surface area contributed by atoms with Crippen molar-refractivity contribution in [1.29, 1.82) is 0 Å². The zero-order valence-electron chi connectivity index (χ0n) is 22.5. The van der Waals surface area contributed by atoms with Crippen LogP contribution < -0.4 is 0 Å². The zero-order valence-corrected chi connectivity index (χ0v) is 22.5. The molecule has 1 aromatic heterocycles. The molecule has 3 aromatic carbocycles. The van der Waals surface area contributed by atoms with E-state index in [4.69, 9.17) is 9.84 Å². The number of aliphatic carboxylic acids is 2. The minimum atomic E-state index is -0.957.